The van der Waals surface area contributed by atoms with Crippen molar-refractivity contribution in [3.63, 3.8) is 0 Å². The number of nitrogens with one attached hydrogen (secondary N) is 2. The lowest BCUT2D eigenvalue weighted by molar-refractivity contribution is 0.350. The molecule has 6 nitrogen and oxygen atoms in total. The van der Waals surface area contributed by atoms with Crippen LogP contribution >= 0.6 is 0 Å². The minimum atomic E-state index is -3.45. The number of hydrogen-bond donors (Lipinski definition) is 2. The first-order chi connectivity index (χ1) is 11.0. The standard InChI is InChI=1S/C16H24N4O2S/c1-12(2)13-3-5-14(6-4-13)23(21,22)15-11-18-16(19-15)20-9-7-17-8-10-20/h3-6,12,15,17H,7-11H2,1-2H3,(H,18,19). The fraction of sp³-hybridized carbons (Fsp3) is 0.562. The van der Waals surface area contributed by atoms with Gasteiger partial charge in [0, 0.05) is 26.2 Å². The summed E-state index contributed by atoms with van der Waals surface area (Å²) in [5, 5.41) is 5.69. The van der Waals surface area contributed by atoms with E-state index in [2.05, 4.69) is 34.4 Å². The van der Waals surface area contributed by atoms with Gasteiger partial charge in [-0.3, -0.25) is 0 Å². The van der Waals surface area contributed by atoms with Gasteiger partial charge in [0.25, 0.3) is 0 Å². The van der Waals surface area contributed by atoms with E-state index in [-0.39, 0.29) is 0 Å². The second-order valence-electron chi connectivity index (χ2n) is 6.29. The maximum Gasteiger partial charge on any atom is 0.203 e. The van der Waals surface area contributed by atoms with Crippen LogP contribution in [0.3, 0.4) is 0 Å². The molecule has 0 amide bonds. The Balaban J connectivity index is 1.78. The minimum Gasteiger partial charge on any atom is -0.353 e. The lowest BCUT2D eigenvalue weighted by Gasteiger charge is -2.28. The number of hydrogen-bond acceptors (Lipinski definition) is 6. The van der Waals surface area contributed by atoms with Crippen molar-refractivity contribution in [2.75, 3.05) is 32.7 Å². The van der Waals surface area contributed by atoms with Crippen LogP contribution in [0.4, 0.5) is 0 Å². The van der Waals surface area contributed by atoms with Gasteiger partial charge >= 0.3 is 0 Å². The Morgan fingerprint density at radius 3 is 2.43 bits per heavy atom. The zero-order valence-corrected chi connectivity index (χ0v) is 14.4. The van der Waals surface area contributed by atoms with Gasteiger partial charge in [-0.15, -0.1) is 0 Å². The lowest BCUT2D eigenvalue weighted by Crippen LogP contribution is -2.49. The summed E-state index contributed by atoms with van der Waals surface area (Å²) in [5.74, 6) is 1.09. The van der Waals surface area contributed by atoms with Crippen LogP contribution in [0.2, 0.25) is 0 Å². The van der Waals surface area contributed by atoms with Gasteiger partial charge in [-0.25, -0.2) is 13.4 Å². The van der Waals surface area contributed by atoms with Crippen LogP contribution in [0.15, 0.2) is 34.2 Å². The number of piperazine rings is 1. The second-order valence-corrected chi connectivity index (χ2v) is 8.40. The van der Waals surface area contributed by atoms with Crippen molar-refractivity contribution < 1.29 is 8.42 Å². The first-order valence-corrected chi connectivity index (χ1v) is 9.64. The number of aliphatic imine (C=N–C) groups is 1. The third-order valence-corrected chi connectivity index (χ3v) is 6.27. The SMILES string of the molecule is CC(C)c1ccc(S(=O)(=O)C2CNC(N3CCNCC3)=N2)cc1. The van der Waals surface area contributed by atoms with Crippen molar-refractivity contribution in [3.05, 3.63) is 29.8 Å². The molecule has 0 radical (unpaired) electrons. The van der Waals surface area contributed by atoms with Crippen LogP contribution in [0.25, 0.3) is 0 Å². The van der Waals surface area contributed by atoms with E-state index in [1.807, 2.05) is 12.1 Å². The summed E-state index contributed by atoms with van der Waals surface area (Å²) >= 11 is 0. The predicted molar refractivity (Wildman–Crippen MR) is 91.4 cm³/mol. The van der Waals surface area contributed by atoms with Crippen molar-refractivity contribution in [1.82, 2.24) is 15.5 Å². The number of nitrogens with zero attached hydrogens (tertiary/aromatic N) is 2. The molecule has 0 aromatic heterocycles. The van der Waals surface area contributed by atoms with E-state index in [1.165, 1.54) is 0 Å². The van der Waals surface area contributed by atoms with Crippen LogP contribution in [0, 0.1) is 0 Å². The van der Waals surface area contributed by atoms with Crippen LogP contribution in [-0.2, 0) is 9.84 Å². The van der Waals surface area contributed by atoms with Crippen LogP contribution in [-0.4, -0.2) is 57.4 Å². The Labute approximate surface area is 137 Å². The maximum atomic E-state index is 12.8. The third kappa shape index (κ3) is 3.35. The normalized spacial score (nSPS) is 22.1. The largest absolute Gasteiger partial charge is 0.353 e. The maximum absolute atomic E-state index is 12.8. The minimum absolute atomic E-state index is 0.341. The van der Waals surface area contributed by atoms with E-state index in [4.69, 9.17) is 0 Å². The topological polar surface area (TPSA) is 73.8 Å². The molecule has 126 valence electrons. The van der Waals surface area contributed by atoms with E-state index in [9.17, 15) is 8.42 Å². The smallest absolute Gasteiger partial charge is 0.203 e. The van der Waals surface area contributed by atoms with Gasteiger partial charge in [0.1, 0.15) is 0 Å². The monoisotopic (exact) mass is 336 g/mol. The third-order valence-electron chi connectivity index (χ3n) is 4.35. The fourth-order valence-corrected chi connectivity index (χ4v) is 4.23. The van der Waals surface area contributed by atoms with Crippen molar-refractivity contribution in [2.24, 2.45) is 4.99 Å². The Bertz CT molecular complexity index is 677. The first kappa shape index (κ1) is 16.3. The molecule has 3 rings (SSSR count). The molecule has 0 aliphatic carbocycles. The van der Waals surface area contributed by atoms with Crippen LogP contribution in [0.1, 0.15) is 25.3 Å². The molecule has 1 unspecified atom stereocenters. The summed E-state index contributed by atoms with van der Waals surface area (Å²) < 4.78 is 25.5. The number of benzene rings is 1. The van der Waals surface area contributed by atoms with E-state index >= 15 is 0 Å². The summed E-state index contributed by atoms with van der Waals surface area (Å²) in [6, 6.07) is 7.17. The molecule has 1 aromatic carbocycles. The van der Waals surface area contributed by atoms with Crippen molar-refractivity contribution >= 4 is 15.8 Å². The van der Waals surface area contributed by atoms with E-state index < -0.39 is 15.2 Å². The molecule has 2 N–H and O–H groups in total. The van der Waals surface area contributed by atoms with Gasteiger partial charge in [-0.1, -0.05) is 26.0 Å². The van der Waals surface area contributed by atoms with Gasteiger partial charge < -0.3 is 15.5 Å². The molecule has 7 heteroatoms. The number of guanidine groups is 1. The van der Waals surface area contributed by atoms with Crippen LogP contribution < -0.4 is 10.6 Å². The van der Waals surface area contributed by atoms with E-state index in [0.29, 0.717) is 23.3 Å². The highest BCUT2D eigenvalue weighted by molar-refractivity contribution is 7.92. The molecule has 0 saturated carbocycles. The summed E-state index contributed by atoms with van der Waals surface area (Å²) in [7, 11) is -3.45. The molecule has 2 heterocycles. The molecule has 1 fully saturated rings. The van der Waals surface area contributed by atoms with Gasteiger partial charge in [-0.05, 0) is 23.6 Å². The molecule has 23 heavy (non-hydrogen) atoms. The summed E-state index contributed by atoms with van der Waals surface area (Å²) in [6.07, 6.45) is 0. The molecule has 0 spiro atoms. The molecule has 2 aliphatic heterocycles. The summed E-state index contributed by atoms with van der Waals surface area (Å²) in [4.78, 5) is 6.88. The molecule has 1 atom stereocenters. The average molecular weight is 336 g/mol. The fourth-order valence-electron chi connectivity index (χ4n) is 2.85. The quantitative estimate of drug-likeness (QED) is 0.853. The highest BCUT2D eigenvalue weighted by Gasteiger charge is 2.33. The van der Waals surface area contributed by atoms with E-state index in [1.54, 1.807) is 12.1 Å². The highest BCUT2D eigenvalue weighted by Crippen LogP contribution is 2.22. The summed E-state index contributed by atoms with van der Waals surface area (Å²) in [5.41, 5.74) is 1.14. The Morgan fingerprint density at radius 2 is 1.83 bits per heavy atom. The summed E-state index contributed by atoms with van der Waals surface area (Å²) in [6.45, 7) is 8.02. The number of sulfone groups is 1. The van der Waals surface area contributed by atoms with Gasteiger partial charge in [-0.2, -0.15) is 0 Å². The van der Waals surface area contributed by atoms with Crippen LogP contribution in [0.5, 0.6) is 0 Å². The highest BCUT2D eigenvalue weighted by atomic mass is 32.2. The first-order valence-electron chi connectivity index (χ1n) is 8.09. The van der Waals surface area contributed by atoms with Gasteiger partial charge in [0.15, 0.2) is 11.3 Å². The Morgan fingerprint density at radius 1 is 1.17 bits per heavy atom. The average Bonchev–Trinajstić information content (AvgIpc) is 3.06. The molecule has 1 aromatic rings. The predicted octanol–water partition coefficient (Wildman–Crippen LogP) is 0.774. The van der Waals surface area contributed by atoms with Gasteiger partial charge in [0.05, 0.1) is 11.4 Å². The second kappa shape index (κ2) is 6.49. The molecular weight excluding hydrogens is 312 g/mol. The molecule has 0 bridgehead atoms. The van der Waals surface area contributed by atoms with Crippen molar-refractivity contribution in [3.8, 4) is 0 Å². The van der Waals surface area contributed by atoms with E-state index in [0.717, 1.165) is 31.7 Å². The number of rotatable bonds is 3. The lowest BCUT2D eigenvalue weighted by atomic mass is 10.0. The zero-order chi connectivity index (χ0) is 16.4. The Hall–Kier alpha value is -1.60. The molecular formula is C16H24N4O2S. The molecule has 2 aliphatic rings. The van der Waals surface area contributed by atoms with Crippen molar-refractivity contribution in [1.29, 1.82) is 0 Å². The van der Waals surface area contributed by atoms with Crippen molar-refractivity contribution in [2.45, 2.75) is 30.0 Å². The zero-order valence-electron chi connectivity index (χ0n) is 13.6. The molecule has 1 saturated heterocycles. The Kier molecular flexibility index (Phi) is 4.59. The van der Waals surface area contributed by atoms with Gasteiger partial charge in [0.2, 0.25) is 9.84 Å².